The highest BCUT2D eigenvalue weighted by Crippen LogP contribution is 2.27. The Morgan fingerprint density at radius 2 is 1.88 bits per heavy atom. The third-order valence-corrected chi connectivity index (χ3v) is 5.67. The number of hydrogen-bond donors (Lipinski definition) is 0. The lowest BCUT2D eigenvalue weighted by Crippen LogP contribution is -2.37. The summed E-state index contributed by atoms with van der Waals surface area (Å²) >= 11 is 3.41. The predicted molar refractivity (Wildman–Crippen MR) is 104 cm³/mol. The molecule has 5 nitrogen and oxygen atoms in total. The molecule has 1 amide bonds. The number of hydrogen-bond acceptors (Lipinski definition) is 4. The van der Waals surface area contributed by atoms with Crippen LogP contribution in [0, 0.1) is 0 Å². The van der Waals surface area contributed by atoms with Crippen LogP contribution in [0.3, 0.4) is 0 Å². The Labute approximate surface area is 162 Å². The van der Waals surface area contributed by atoms with Gasteiger partial charge in [-0.25, -0.2) is 4.98 Å². The lowest BCUT2D eigenvalue weighted by molar-refractivity contribution is 0.0776. The molecule has 1 aromatic heterocycles. The molecule has 2 aromatic rings. The average Bonchev–Trinajstić information content (AvgIpc) is 3.35. The summed E-state index contributed by atoms with van der Waals surface area (Å²) in [6.45, 7) is 3.92. The van der Waals surface area contributed by atoms with Gasteiger partial charge in [-0.1, -0.05) is 15.9 Å². The standard InChI is InChI=1S/C20H22BrN3O2/c21-15-5-7-17(8-6-15)26-19-18(4-3-10-22-19)20(25)24-13-9-16(14-24)23-11-1-2-12-23/h3-8,10,16H,1-2,9,11-14H2. The van der Waals surface area contributed by atoms with Crippen LogP contribution in [0.2, 0.25) is 0 Å². The van der Waals surface area contributed by atoms with Crippen LogP contribution in [0.1, 0.15) is 29.6 Å². The number of amides is 1. The summed E-state index contributed by atoms with van der Waals surface area (Å²) in [6.07, 6.45) is 5.26. The van der Waals surface area contributed by atoms with Gasteiger partial charge in [0, 0.05) is 29.8 Å². The van der Waals surface area contributed by atoms with E-state index in [9.17, 15) is 4.79 Å². The third-order valence-electron chi connectivity index (χ3n) is 5.14. The lowest BCUT2D eigenvalue weighted by atomic mass is 10.2. The van der Waals surface area contributed by atoms with E-state index in [0.29, 0.717) is 23.2 Å². The molecular formula is C20H22BrN3O2. The summed E-state index contributed by atoms with van der Waals surface area (Å²) in [5.74, 6) is 1.04. The van der Waals surface area contributed by atoms with E-state index in [2.05, 4.69) is 25.8 Å². The highest BCUT2D eigenvalue weighted by atomic mass is 79.9. The molecule has 2 aliphatic heterocycles. The van der Waals surface area contributed by atoms with E-state index in [1.807, 2.05) is 29.2 Å². The third kappa shape index (κ3) is 3.76. The number of likely N-dealkylation sites (tertiary alicyclic amines) is 2. The van der Waals surface area contributed by atoms with E-state index in [0.717, 1.165) is 37.1 Å². The Balaban J connectivity index is 1.48. The predicted octanol–water partition coefficient (Wildman–Crippen LogP) is 3.95. The fraction of sp³-hybridized carbons (Fsp3) is 0.400. The topological polar surface area (TPSA) is 45.7 Å². The van der Waals surface area contributed by atoms with Crippen molar-refractivity contribution in [2.75, 3.05) is 26.2 Å². The largest absolute Gasteiger partial charge is 0.438 e. The van der Waals surface area contributed by atoms with Crippen molar-refractivity contribution in [3.8, 4) is 11.6 Å². The van der Waals surface area contributed by atoms with Gasteiger partial charge in [0.2, 0.25) is 5.88 Å². The molecule has 0 saturated carbocycles. The number of aromatic nitrogens is 1. The van der Waals surface area contributed by atoms with Gasteiger partial charge in [-0.05, 0) is 68.8 Å². The molecule has 3 heterocycles. The molecule has 2 fully saturated rings. The average molecular weight is 416 g/mol. The number of carbonyl (C=O) groups is 1. The van der Waals surface area contributed by atoms with Crippen LogP contribution in [0.15, 0.2) is 47.1 Å². The SMILES string of the molecule is O=C(c1cccnc1Oc1ccc(Br)cc1)N1CCC(N2CCCC2)C1. The van der Waals surface area contributed by atoms with Gasteiger partial charge in [0.1, 0.15) is 11.3 Å². The summed E-state index contributed by atoms with van der Waals surface area (Å²) in [5.41, 5.74) is 0.525. The minimum absolute atomic E-state index is 0.00640. The summed E-state index contributed by atoms with van der Waals surface area (Å²) in [5, 5.41) is 0. The molecule has 1 atom stereocenters. The van der Waals surface area contributed by atoms with Gasteiger partial charge in [0.15, 0.2) is 0 Å². The van der Waals surface area contributed by atoms with Crippen LogP contribution in [0.25, 0.3) is 0 Å². The van der Waals surface area contributed by atoms with E-state index >= 15 is 0 Å². The molecular weight excluding hydrogens is 394 g/mol. The zero-order valence-corrected chi connectivity index (χ0v) is 16.2. The zero-order valence-electron chi connectivity index (χ0n) is 14.6. The minimum Gasteiger partial charge on any atom is -0.438 e. The maximum absolute atomic E-state index is 13.1. The number of halogens is 1. The van der Waals surface area contributed by atoms with Crippen LogP contribution in [-0.4, -0.2) is 52.9 Å². The Kier molecular flexibility index (Phi) is 5.22. The quantitative estimate of drug-likeness (QED) is 0.758. The van der Waals surface area contributed by atoms with E-state index in [4.69, 9.17) is 4.74 Å². The smallest absolute Gasteiger partial charge is 0.259 e. The van der Waals surface area contributed by atoms with Crippen LogP contribution < -0.4 is 4.74 Å². The number of pyridine rings is 1. The van der Waals surface area contributed by atoms with Crippen molar-refractivity contribution >= 4 is 21.8 Å². The molecule has 0 radical (unpaired) electrons. The monoisotopic (exact) mass is 415 g/mol. The number of carbonyl (C=O) groups excluding carboxylic acids is 1. The molecule has 6 heteroatoms. The molecule has 0 aliphatic carbocycles. The van der Waals surface area contributed by atoms with Gasteiger partial charge >= 0.3 is 0 Å². The van der Waals surface area contributed by atoms with Gasteiger partial charge in [-0.3, -0.25) is 9.69 Å². The van der Waals surface area contributed by atoms with Crippen molar-refractivity contribution in [2.45, 2.75) is 25.3 Å². The second kappa shape index (κ2) is 7.76. The molecule has 0 bridgehead atoms. The molecule has 26 heavy (non-hydrogen) atoms. The van der Waals surface area contributed by atoms with Crippen LogP contribution in [0.4, 0.5) is 0 Å². The molecule has 2 aliphatic rings. The van der Waals surface area contributed by atoms with Gasteiger partial charge in [0.25, 0.3) is 5.91 Å². The van der Waals surface area contributed by atoms with Gasteiger partial charge in [-0.2, -0.15) is 0 Å². The Hall–Kier alpha value is -1.92. The first-order valence-corrected chi connectivity index (χ1v) is 9.92. The second-order valence-corrected chi connectivity index (χ2v) is 7.76. The van der Waals surface area contributed by atoms with E-state index in [1.165, 1.54) is 12.8 Å². The highest BCUT2D eigenvalue weighted by molar-refractivity contribution is 9.10. The van der Waals surface area contributed by atoms with Gasteiger partial charge in [0.05, 0.1) is 0 Å². The Bertz CT molecular complexity index is 775. The van der Waals surface area contributed by atoms with Crippen molar-refractivity contribution in [3.63, 3.8) is 0 Å². The van der Waals surface area contributed by atoms with E-state index in [-0.39, 0.29) is 5.91 Å². The van der Waals surface area contributed by atoms with Crippen molar-refractivity contribution in [1.82, 2.24) is 14.8 Å². The first-order valence-electron chi connectivity index (χ1n) is 9.12. The number of benzene rings is 1. The molecule has 1 unspecified atom stereocenters. The molecule has 0 spiro atoms. The first-order chi connectivity index (χ1) is 12.7. The second-order valence-electron chi connectivity index (χ2n) is 6.85. The summed E-state index contributed by atoms with van der Waals surface area (Å²) in [4.78, 5) is 21.8. The first kappa shape index (κ1) is 17.5. The van der Waals surface area contributed by atoms with Crippen molar-refractivity contribution < 1.29 is 9.53 Å². The lowest BCUT2D eigenvalue weighted by Gasteiger charge is -2.23. The summed E-state index contributed by atoms with van der Waals surface area (Å²) < 4.78 is 6.86. The maximum Gasteiger partial charge on any atom is 0.259 e. The van der Waals surface area contributed by atoms with Crippen molar-refractivity contribution in [1.29, 1.82) is 0 Å². The number of rotatable bonds is 4. The minimum atomic E-state index is 0.00640. The number of nitrogens with zero attached hydrogens (tertiary/aromatic N) is 3. The molecule has 136 valence electrons. The van der Waals surface area contributed by atoms with Crippen molar-refractivity contribution in [2.24, 2.45) is 0 Å². The molecule has 1 aromatic carbocycles. The van der Waals surface area contributed by atoms with Crippen LogP contribution in [-0.2, 0) is 0 Å². The molecule has 2 saturated heterocycles. The normalized spacial score (nSPS) is 20.5. The van der Waals surface area contributed by atoms with E-state index < -0.39 is 0 Å². The Morgan fingerprint density at radius 3 is 2.65 bits per heavy atom. The fourth-order valence-electron chi connectivity index (χ4n) is 3.75. The van der Waals surface area contributed by atoms with Crippen LogP contribution >= 0.6 is 15.9 Å². The summed E-state index contributed by atoms with van der Waals surface area (Å²) in [7, 11) is 0. The number of ether oxygens (including phenoxy) is 1. The molecule has 4 rings (SSSR count). The zero-order chi connectivity index (χ0) is 17.9. The summed E-state index contributed by atoms with van der Waals surface area (Å²) in [6, 6.07) is 11.6. The molecule has 0 N–H and O–H groups in total. The Morgan fingerprint density at radius 1 is 1.12 bits per heavy atom. The highest BCUT2D eigenvalue weighted by Gasteiger charge is 2.33. The van der Waals surface area contributed by atoms with Crippen molar-refractivity contribution in [3.05, 3.63) is 52.6 Å². The van der Waals surface area contributed by atoms with Gasteiger partial charge < -0.3 is 9.64 Å². The van der Waals surface area contributed by atoms with Crippen LogP contribution in [0.5, 0.6) is 11.6 Å². The van der Waals surface area contributed by atoms with E-state index in [1.54, 1.807) is 18.3 Å². The fourth-order valence-corrected chi connectivity index (χ4v) is 4.01. The van der Waals surface area contributed by atoms with Gasteiger partial charge in [-0.15, -0.1) is 0 Å². The maximum atomic E-state index is 13.1.